The molecule has 0 bridgehead atoms. The van der Waals surface area contributed by atoms with Gasteiger partial charge in [0, 0.05) is 19.4 Å². The second kappa shape index (κ2) is 6.66. The molecule has 1 aromatic carbocycles. The van der Waals surface area contributed by atoms with Crippen LogP contribution >= 0.6 is 0 Å². The van der Waals surface area contributed by atoms with E-state index in [9.17, 15) is 13.2 Å². The highest BCUT2D eigenvalue weighted by atomic mass is 32.2. The van der Waals surface area contributed by atoms with Crippen LogP contribution in [0.5, 0.6) is 0 Å². The van der Waals surface area contributed by atoms with Crippen molar-refractivity contribution in [2.75, 3.05) is 6.54 Å². The molecular formula is C13H19NO3S. The van der Waals surface area contributed by atoms with Crippen molar-refractivity contribution in [3.8, 4) is 0 Å². The summed E-state index contributed by atoms with van der Waals surface area (Å²) in [5.74, 6) is 0.0663. The molecule has 100 valence electrons. The van der Waals surface area contributed by atoms with Crippen molar-refractivity contribution < 1.29 is 13.2 Å². The van der Waals surface area contributed by atoms with Crippen molar-refractivity contribution in [2.45, 2.75) is 38.0 Å². The fourth-order valence-corrected chi connectivity index (χ4v) is 3.04. The molecule has 0 saturated carbocycles. The van der Waals surface area contributed by atoms with Crippen LogP contribution in [-0.4, -0.2) is 20.7 Å². The van der Waals surface area contributed by atoms with Crippen LogP contribution in [0.15, 0.2) is 29.2 Å². The Balaban J connectivity index is 3.03. The van der Waals surface area contributed by atoms with Crippen molar-refractivity contribution >= 4 is 15.8 Å². The molecule has 1 aromatic rings. The second-order valence-corrected chi connectivity index (χ2v) is 5.81. The Morgan fingerprint density at radius 1 is 1.22 bits per heavy atom. The summed E-state index contributed by atoms with van der Waals surface area (Å²) < 4.78 is 26.4. The average Bonchev–Trinajstić information content (AvgIpc) is 2.29. The Labute approximate surface area is 108 Å². The molecule has 0 aromatic heterocycles. The lowest BCUT2D eigenvalue weighted by molar-refractivity contribution is -0.118. The zero-order chi connectivity index (χ0) is 13.6. The lowest BCUT2D eigenvalue weighted by atomic mass is 10.1. The highest BCUT2D eigenvalue weighted by Gasteiger charge is 2.18. The van der Waals surface area contributed by atoms with Gasteiger partial charge < -0.3 is 0 Å². The number of benzene rings is 1. The smallest absolute Gasteiger partial charge is 0.240 e. The van der Waals surface area contributed by atoms with Crippen LogP contribution in [0.25, 0.3) is 0 Å². The average molecular weight is 269 g/mol. The van der Waals surface area contributed by atoms with E-state index in [1.165, 1.54) is 6.07 Å². The van der Waals surface area contributed by atoms with Gasteiger partial charge in [0.25, 0.3) is 0 Å². The molecule has 0 aliphatic heterocycles. The van der Waals surface area contributed by atoms with Crippen LogP contribution in [0.2, 0.25) is 0 Å². The van der Waals surface area contributed by atoms with E-state index in [4.69, 9.17) is 0 Å². The fraction of sp³-hybridized carbons (Fsp3) is 0.462. The van der Waals surface area contributed by atoms with Crippen molar-refractivity contribution in [2.24, 2.45) is 0 Å². The van der Waals surface area contributed by atoms with E-state index < -0.39 is 10.0 Å². The molecular weight excluding hydrogens is 250 g/mol. The molecule has 0 aliphatic rings. The summed E-state index contributed by atoms with van der Waals surface area (Å²) >= 11 is 0. The zero-order valence-corrected chi connectivity index (χ0v) is 11.6. The lowest BCUT2D eigenvalue weighted by Gasteiger charge is -2.09. The molecule has 0 fully saturated rings. The van der Waals surface area contributed by atoms with E-state index in [1.54, 1.807) is 25.1 Å². The van der Waals surface area contributed by atoms with E-state index in [0.717, 1.165) is 6.42 Å². The van der Waals surface area contributed by atoms with Crippen LogP contribution < -0.4 is 4.72 Å². The lowest BCUT2D eigenvalue weighted by Crippen LogP contribution is -2.24. The first-order valence-corrected chi connectivity index (χ1v) is 7.58. The molecule has 0 radical (unpaired) electrons. The molecule has 0 saturated heterocycles. The van der Waals surface area contributed by atoms with Gasteiger partial charge in [0.15, 0.2) is 0 Å². The second-order valence-electron chi connectivity index (χ2n) is 4.07. The minimum absolute atomic E-state index is 0.0663. The molecule has 5 heteroatoms. The van der Waals surface area contributed by atoms with E-state index >= 15 is 0 Å². The third kappa shape index (κ3) is 3.92. The third-order valence-corrected chi connectivity index (χ3v) is 4.16. The number of Topliss-reactive ketones (excluding diaryl/α,β-unsaturated/α-hetero) is 1. The van der Waals surface area contributed by atoms with Gasteiger partial charge in [0.2, 0.25) is 10.0 Å². The van der Waals surface area contributed by atoms with Gasteiger partial charge in [-0.2, -0.15) is 0 Å². The molecule has 1 rings (SSSR count). The number of sulfonamides is 1. The molecule has 1 N–H and O–H groups in total. The Morgan fingerprint density at radius 3 is 2.50 bits per heavy atom. The van der Waals surface area contributed by atoms with E-state index in [0.29, 0.717) is 18.5 Å². The van der Waals surface area contributed by atoms with Crippen LogP contribution in [0.3, 0.4) is 0 Å². The van der Waals surface area contributed by atoms with Crippen molar-refractivity contribution in [1.29, 1.82) is 0 Å². The Kier molecular flexibility index (Phi) is 5.50. The maximum Gasteiger partial charge on any atom is 0.240 e. The van der Waals surface area contributed by atoms with Gasteiger partial charge >= 0.3 is 0 Å². The zero-order valence-electron chi connectivity index (χ0n) is 10.8. The van der Waals surface area contributed by atoms with Crippen LogP contribution in [0.1, 0.15) is 32.3 Å². The SMILES string of the molecule is CCCC(=O)Cc1ccccc1S(=O)(=O)NCC. The predicted octanol–water partition coefficient (Wildman–Crippen LogP) is 1.90. The van der Waals surface area contributed by atoms with Crippen LogP contribution in [0.4, 0.5) is 0 Å². The molecule has 0 atom stereocenters. The van der Waals surface area contributed by atoms with Gasteiger partial charge in [-0.05, 0) is 18.1 Å². The first-order chi connectivity index (χ1) is 8.51. The van der Waals surface area contributed by atoms with Crippen molar-refractivity contribution in [3.05, 3.63) is 29.8 Å². The van der Waals surface area contributed by atoms with Gasteiger partial charge in [-0.15, -0.1) is 0 Å². The number of nitrogens with one attached hydrogen (secondary N) is 1. The monoisotopic (exact) mass is 269 g/mol. The highest BCUT2D eigenvalue weighted by molar-refractivity contribution is 7.89. The van der Waals surface area contributed by atoms with Crippen LogP contribution in [0, 0.1) is 0 Å². The van der Waals surface area contributed by atoms with Crippen molar-refractivity contribution in [3.63, 3.8) is 0 Å². The first-order valence-electron chi connectivity index (χ1n) is 6.10. The van der Waals surface area contributed by atoms with Gasteiger partial charge in [0.1, 0.15) is 5.78 Å². The summed E-state index contributed by atoms with van der Waals surface area (Å²) in [6.45, 7) is 3.99. The number of hydrogen-bond acceptors (Lipinski definition) is 3. The number of carbonyl (C=O) groups excluding carboxylic acids is 1. The molecule has 0 spiro atoms. The predicted molar refractivity (Wildman–Crippen MR) is 70.9 cm³/mol. The number of rotatable bonds is 7. The summed E-state index contributed by atoms with van der Waals surface area (Å²) in [5, 5.41) is 0. The Bertz CT molecular complexity index is 509. The van der Waals surface area contributed by atoms with E-state index in [1.807, 2.05) is 6.92 Å². The van der Waals surface area contributed by atoms with E-state index in [-0.39, 0.29) is 17.1 Å². The minimum atomic E-state index is -3.50. The van der Waals surface area contributed by atoms with Gasteiger partial charge in [0.05, 0.1) is 4.90 Å². The quantitative estimate of drug-likeness (QED) is 0.822. The summed E-state index contributed by atoms with van der Waals surface area (Å²) in [4.78, 5) is 11.8. The van der Waals surface area contributed by atoms with Crippen LogP contribution in [-0.2, 0) is 21.2 Å². The maximum absolute atomic E-state index is 12.0. The normalized spacial score (nSPS) is 11.4. The summed E-state index contributed by atoms with van der Waals surface area (Å²) in [6, 6.07) is 6.64. The van der Waals surface area contributed by atoms with Gasteiger partial charge in [-0.3, -0.25) is 4.79 Å². The molecule has 0 heterocycles. The highest BCUT2D eigenvalue weighted by Crippen LogP contribution is 2.16. The Hall–Kier alpha value is -1.20. The molecule has 0 amide bonds. The molecule has 4 nitrogen and oxygen atoms in total. The topological polar surface area (TPSA) is 63.2 Å². The number of ketones is 1. The first kappa shape index (κ1) is 14.9. The molecule has 0 unspecified atom stereocenters. The third-order valence-electron chi connectivity index (χ3n) is 2.51. The summed E-state index contributed by atoms with van der Waals surface area (Å²) in [5.41, 5.74) is 0.567. The summed E-state index contributed by atoms with van der Waals surface area (Å²) in [6.07, 6.45) is 1.44. The molecule has 18 heavy (non-hydrogen) atoms. The maximum atomic E-state index is 12.0. The summed E-state index contributed by atoms with van der Waals surface area (Å²) in [7, 11) is -3.50. The standard InChI is InChI=1S/C13H19NO3S/c1-3-7-12(15)10-11-8-5-6-9-13(11)18(16,17)14-4-2/h5-6,8-9,14H,3-4,7,10H2,1-2H3. The minimum Gasteiger partial charge on any atom is -0.299 e. The van der Waals surface area contributed by atoms with Crippen molar-refractivity contribution in [1.82, 2.24) is 4.72 Å². The fourth-order valence-electron chi connectivity index (χ4n) is 1.76. The van der Waals surface area contributed by atoms with E-state index in [2.05, 4.69) is 4.72 Å². The largest absolute Gasteiger partial charge is 0.299 e. The molecule has 0 aliphatic carbocycles. The van der Waals surface area contributed by atoms with Gasteiger partial charge in [-0.25, -0.2) is 13.1 Å². The van der Waals surface area contributed by atoms with Gasteiger partial charge in [-0.1, -0.05) is 32.0 Å². The number of carbonyl (C=O) groups is 1. The number of hydrogen-bond donors (Lipinski definition) is 1. The Morgan fingerprint density at radius 2 is 1.89 bits per heavy atom.